The molecular weight excluding hydrogens is 284 g/mol. The van der Waals surface area contributed by atoms with Crippen molar-refractivity contribution < 1.29 is 4.74 Å². The minimum absolute atomic E-state index is 0.685. The molecule has 0 aliphatic heterocycles. The molecule has 3 rings (SSSR count). The molecule has 1 heterocycles. The van der Waals surface area contributed by atoms with Crippen LogP contribution in [0.15, 0.2) is 30.3 Å². The van der Waals surface area contributed by atoms with Crippen molar-refractivity contribution in [3.05, 3.63) is 46.6 Å². The van der Waals surface area contributed by atoms with Crippen LogP contribution in [0.25, 0.3) is 11.3 Å². The second-order valence-corrected chi connectivity index (χ2v) is 5.88. The van der Waals surface area contributed by atoms with Crippen molar-refractivity contribution >= 4 is 11.6 Å². The maximum absolute atomic E-state index is 6.09. The molecule has 4 heteroatoms. The number of pyridine rings is 1. The molecule has 0 radical (unpaired) electrons. The summed E-state index contributed by atoms with van der Waals surface area (Å²) in [6, 6.07) is 10.5. The smallest absolute Gasteiger partial charge is 0.128 e. The van der Waals surface area contributed by atoms with Gasteiger partial charge in [-0.15, -0.1) is 0 Å². The van der Waals surface area contributed by atoms with Gasteiger partial charge in [-0.05, 0) is 49.6 Å². The predicted octanol–water partition coefficient (Wildman–Crippen LogP) is 3.97. The Morgan fingerprint density at radius 3 is 2.76 bits per heavy atom. The number of halogens is 1. The minimum Gasteiger partial charge on any atom is -0.496 e. The summed E-state index contributed by atoms with van der Waals surface area (Å²) >= 11 is 6.09. The number of benzene rings is 1. The lowest BCUT2D eigenvalue weighted by atomic mass is 10.1. The van der Waals surface area contributed by atoms with Crippen molar-refractivity contribution in [2.45, 2.75) is 32.4 Å². The molecular formula is C17H19ClN2O. The molecule has 1 aromatic heterocycles. The van der Waals surface area contributed by atoms with Crippen LogP contribution >= 0.6 is 11.6 Å². The van der Waals surface area contributed by atoms with Gasteiger partial charge >= 0.3 is 0 Å². The van der Waals surface area contributed by atoms with Crippen LogP contribution in [0.3, 0.4) is 0 Å². The van der Waals surface area contributed by atoms with Gasteiger partial charge in [0.15, 0.2) is 0 Å². The molecule has 0 atom stereocenters. The number of nitrogens with zero attached hydrogens (tertiary/aromatic N) is 1. The SMILES string of the molecule is COc1ccc(Cl)cc1-c1ccc(CNC2CC2)c(C)n1. The highest BCUT2D eigenvalue weighted by molar-refractivity contribution is 6.30. The van der Waals surface area contributed by atoms with E-state index >= 15 is 0 Å². The van der Waals surface area contributed by atoms with Crippen LogP contribution in [0.4, 0.5) is 0 Å². The molecule has 1 N–H and O–H groups in total. The molecule has 1 aliphatic rings. The summed E-state index contributed by atoms with van der Waals surface area (Å²) in [4.78, 5) is 4.71. The lowest BCUT2D eigenvalue weighted by Gasteiger charge is -2.11. The van der Waals surface area contributed by atoms with Gasteiger partial charge in [0.25, 0.3) is 0 Å². The third kappa shape index (κ3) is 3.36. The fourth-order valence-corrected chi connectivity index (χ4v) is 2.52. The van der Waals surface area contributed by atoms with Gasteiger partial charge in [-0.2, -0.15) is 0 Å². The normalized spacial score (nSPS) is 14.2. The summed E-state index contributed by atoms with van der Waals surface area (Å²) in [5, 5.41) is 4.20. The van der Waals surface area contributed by atoms with E-state index in [1.807, 2.05) is 31.2 Å². The molecule has 1 aromatic carbocycles. The van der Waals surface area contributed by atoms with E-state index in [1.54, 1.807) is 7.11 Å². The molecule has 1 aliphatic carbocycles. The van der Waals surface area contributed by atoms with E-state index in [4.69, 9.17) is 21.3 Å². The predicted molar refractivity (Wildman–Crippen MR) is 85.8 cm³/mol. The third-order valence-corrected chi connectivity index (χ3v) is 4.03. The molecule has 2 aromatic rings. The van der Waals surface area contributed by atoms with Gasteiger partial charge in [0.2, 0.25) is 0 Å². The van der Waals surface area contributed by atoms with Crippen LogP contribution in [0.5, 0.6) is 5.75 Å². The number of methoxy groups -OCH3 is 1. The zero-order valence-electron chi connectivity index (χ0n) is 12.3. The van der Waals surface area contributed by atoms with Crippen molar-refractivity contribution in [3.63, 3.8) is 0 Å². The molecule has 0 spiro atoms. The van der Waals surface area contributed by atoms with Crippen molar-refractivity contribution in [1.82, 2.24) is 10.3 Å². The first kappa shape index (κ1) is 14.4. The van der Waals surface area contributed by atoms with E-state index in [1.165, 1.54) is 18.4 Å². The van der Waals surface area contributed by atoms with Gasteiger partial charge in [0, 0.05) is 28.9 Å². The number of aromatic nitrogens is 1. The van der Waals surface area contributed by atoms with Crippen LogP contribution in [-0.2, 0) is 6.54 Å². The maximum atomic E-state index is 6.09. The second-order valence-electron chi connectivity index (χ2n) is 5.44. The highest BCUT2D eigenvalue weighted by Gasteiger charge is 2.20. The van der Waals surface area contributed by atoms with E-state index in [0.29, 0.717) is 11.1 Å². The molecule has 0 bridgehead atoms. The summed E-state index contributed by atoms with van der Waals surface area (Å²) in [6.07, 6.45) is 2.59. The van der Waals surface area contributed by atoms with Crippen LogP contribution in [-0.4, -0.2) is 18.1 Å². The van der Waals surface area contributed by atoms with E-state index < -0.39 is 0 Å². The summed E-state index contributed by atoms with van der Waals surface area (Å²) < 4.78 is 5.40. The van der Waals surface area contributed by atoms with Crippen molar-refractivity contribution in [1.29, 1.82) is 0 Å². The van der Waals surface area contributed by atoms with E-state index in [9.17, 15) is 0 Å². The number of rotatable bonds is 5. The van der Waals surface area contributed by atoms with Crippen LogP contribution < -0.4 is 10.1 Å². The zero-order valence-corrected chi connectivity index (χ0v) is 13.1. The van der Waals surface area contributed by atoms with Crippen molar-refractivity contribution in [3.8, 4) is 17.0 Å². The summed E-state index contributed by atoms with van der Waals surface area (Å²) in [5.41, 5.74) is 4.10. The monoisotopic (exact) mass is 302 g/mol. The van der Waals surface area contributed by atoms with Gasteiger partial charge in [0.05, 0.1) is 12.8 Å². The number of ether oxygens (including phenoxy) is 1. The topological polar surface area (TPSA) is 34.1 Å². The Hall–Kier alpha value is -1.58. The first-order chi connectivity index (χ1) is 10.2. The summed E-state index contributed by atoms with van der Waals surface area (Å²) in [6.45, 7) is 2.93. The Morgan fingerprint density at radius 2 is 2.10 bits per heavy atom. The fourth-order valence-electron chi connectivity index (χ4n) is 2.35. The maximum Gasteiger partial charge on any atom is 0.128 e. The first-order valence-electron chi connectivity index (χ1n) is 7.21. The summed E-state index contributed by atoms with van der Waals surface area (Å²) in [5.74, 6) is 0.787. The number of aryl methyl sites for hydroxylation is 1. The van der Waals surface area contributed by atoms with E-state index in [-0.39, 0.29) is 0 Å². The van der Waals surface area contributed by atoms with E-state index in [0.717, 1.165) is 29.2 Å². The van der Waals surface area contributed by atoms with Gasteiger partial charge in [-0.1, -0.05) is 17.7 Å². The largest absolute Gasteiger partial charge is 0.496 e. The highest BCUT2D eigenvalue weighted by Crippen LogP contribution is 2.31. The molecule has 110 valence electrons. The Morgan fingerprint density at radius 1 is 1.29 bits per heavy atom. The standard InChI is InChI=1S/C17H19ClN2O/c1-11-12(10-19-14-5-6-14)3-7-16(20-11)15-9-13(18)4-8-17(15)21-2/h3-4,7-9,14,19H,5-6,10H2,1-2H3. The van der Waals surface area contributed by atoms with Crippen molar-refractivity contribution in [2.24, 2.45) is 0 Å². The zero-order chi connectivity index (χ0) is 14.8. The molecule has 21 heavy (non-hydrogen) atoms. The average molecular weight is 303 g/mol. The fraction of sp³-hybridized carbons (Fsp3) is 0.353. The van der Waals surface area contributed by atoms with E-state index in [2.05, 4.69) is 11.4 Å². The van der Waals surface area contributed by atoms with Gasteiger partial charge in [-0.3, -0.25) is 4.98 Å². The van der Waals surface area contributed by atoms with Crippen LogP contribution in [0, 0.1) is 6.92 Å². The molecule has 3 nitrogen and oxygen atoms in total. The lowest BCUT2D eigenvalue weighted by Crippen LogP contribution is -2.16. The quantitative estimate of drug-likeness (QED) is 0.907. The second kappa shape index (κ2) is 6.04. The Bertz CT molecular complexity index is 653. The van der Waals surface area contributed by atoms with Gasteiger partial charge in [-0.25, -0.2) is 0 Å². The number of nitrogens with one attached hydrogen (secondary N) is 1. The highest BCUT2D eigenvalue weighted by atomic mass is 35.5. The molecule has 1 fully saturated rings. The number of hydrogen-bond donors (Lipinski definition) is 1. The first-order valence-corrected chi connectivity index (χ1v) is 7.59. The Balaban J connectivity index is 1.88. The van der Waals surface area contributed by atoms with Crippen LogP contribution in [0.1, 0.15) is 24.1 Å². The molecule has 0 saturated heterocycles. The molecule has 1 saturated carbocycles. The molecule has 0 amide bonds. The average Bonchev–Trinajstić information content (AvgIpc) is 3.30. The Labute approximate surface area is 130 Å². The molecule has 0 unspecified atom stereocenters. The van der Waals surface area contributed by atoms with Crippen LogP contribution in [0.2, 0.25) is 5.02 Å². The number of hydrogen-bond acceptors (Lipinski definition) is 3. The Kier molecular flexibility index (Phi) is 4.13. The third-order valence-electron chi connectivity index (χ3n) is 3.79. The summed E-state index contributed by atoms with van der Waals surface area (Å²) in [7, 11) is 1.66. The van der Waals surface area contributed by atoms with Gasteiger partial charge < -0.3 is 10.1 Å². The lowest BCUT2D eigenvalue weighted by molar-refractivity contribution is 0.416. The van der Waals surface area contributed by atoms with Gasteiger partial charge in [0.1, 0.15) is 5.75 Å². The minimum atomic E-state index is 0.685. The van der Waals surface area contributed by atoms with Crippen molar-refractivity contribution in [2.75, 3.05) is 7.11 Å².